The first kappa shape index (κ1) is 16.0. The summed E-state index contributed by atoms with van der Waals surface area (Å²) in [5, 5.41) is 0. The number of methoxy groups -OCH3 is 1. The minimum absolute atomic E-state index is 0.201. The van der Waals surface area contributed by atoms with Crippen molar-refractivity contribution in [3.8, 4) is 5.75 Å². The highest BCUT2D eigenvalue weighted by Gasteiger charge is 2.11. The normalized spacial score (nSPS) is 12.4. The van der Waals surface area contributed by atoms with Crippen LogP contribution >= 0.6 is 0 Å². The first-order valence-corrected chi connectivity index (χ1v) is 6.88. The Morgan fingerprint density at radius 2 is 2.11 bits per heavy atom. The van der Waals surface area contributed by atoms with E-state index in [-0.39, 0.29) is 6.04 Å². The second kappa shape index (κ2) is 8.91. The lowest BCUT2D eigenvalue weighted by Crippen LogP contribution is -2.37. The van der Waals surface area contributed by atoms with Crippen LogP contribution in [0.2, 0.25) is 0 Å². The van der Waals surface area contributed by atoms with Crippen LogP contribution in [0.25, 0.3) is 0 Å². The van der Waals surface area contributed by atoms with E-state index in [1.807, 2.05) is 6.07 Å². The first-order chi connectivity index (χ1) is 9.21. The number of benzene rings is 1. The van der Waals surface area contributed by atoms with E-state index in [4.69, 9.17) is 15.3 Å². The number of rotatable bonds is 9. The van der Waals surface area contributed by atoms with Crippen molar-refractivity contribution >= 4 is 0 Å². The highest BCUT2D eigenvalue weighted by atomic mass is 16.5. The molecular weight excluding hydrogens is 240 g/mol. The molecule has 0 aliphatic carbocycles. The van der Waals surface area contributed by atoms with Crippen molar-refractivity contribution in [3.63, 3.8) is 0 Å². The molecule has 1 aromatic carbocycles. The standard InChI is InChI=1S/C15H26N2O2/c1-4-8-19-9-7-14(17-16)11-13-10-12(2)5-6-15(13)18-3/h5-6,10,14,17H,4,7-9,11,16H2,1-3H3. The number of aryl methyl sites for hydroxylation is 1. The second-order valence-electron chi connectivity index (χ2n) is 4.78. The largest absolute Gasteiger partial charge is 0.496 e. The van der Waals surface area contributed by atoms with Gasteiger partial charge in [0.15, 0.2) is 0 Å². The third-order valence-electron chi connectivity index (χ3n) is 3.10. The predicted molar refractivity (Wildman–Crippen MR) is 78.3 cm³/mol. The summed E-state index contributed by atoms with van der Waals surface area (Å²) in [6.07, 6.45) is 2.79. The van der Waals surface area contributed by atoms with Crippen LogP contribution in [0.4, 0.5) is 0 Å². The molecule has 19 heavy (non-hydrogen) atoms. The van der Waals surface area contributed by atoms with Crippen molar-refractivity contribution in [2.45, 2.75) is 39.2 Å². The zero-order chi connectivity index (χ0) is 14.1. The maximum absolute atomic E-state index is 5.62. The Hall–Kier alpha value is -1.10. The van der Waals surface area contributed by atoms with Crippen molar-refractivity contribution in [2.24, 2.45) is 5.84 Å². The van der Waals surface area contributed by atoms with Crippen LogP contribution in [0.3, 0.4) is 0 Å². The Morgan fingerprint density at radius 1 is 1.32 bits per heavy atom. The number of nitrogens with one attached hydrogen (secondary N) is 1. The van der Waals surface area contributed by atoms with Gasteiger partial charge < -0.3 is 9.47 Å². The van der Waals surface area contributed by atoms with Gasteiger partial charge in [-0.15, -0.1) is 0 Å². The smallest absolute Gasteiger partial charge is 0.122 e. The molecule has 0 saturated heterocycles. The molecule has 4 nitrogen and oxygen atoms in total. The second-order valence-corrected chi connectivity index (χ2v) is 4.78. The van der Waals surface area contributed by atoms with Crippen LogP contribution < -0.4 is 16.0 Å². The minimum atomic E-state index is 0.201. The molecule has 0 saturated carbocycles. The van der Waals surface area contributed by atoms with Crippen molar-refractivity contribution in [3.05, 3.63) is 29.3 Å². The van der Waals surface area contributed by atoms with E-state index in [0.717, 1.165) is 38.2 Å². The van der Waals surface area contributed by atoms with E-state index in [1.165, 1.54) is 11.1 Å². The fourth-order valence-electron chi connectivity index (χ4n) is 2.05. The monoisotopic (exact) mass is 266 g/mol. The van der Waals surface area contributed by atoms with E-state index in [1.54, 1.807) is 7.11 Å². The predicted octanol–water partition coefficient (Wildman–Crippen LogP) is 2.19. The Kier molecular flexibility index (Phi) is 7.48. The summed E-state index contributed by atoms with van der Waals surface area (Å²) in [6.45, 7) is 5.73. The summed E-state index contributed by atoms with van der Waals surface area (Å²) >= 11 is 0. The topological polar surface area (TPSA) is 56.5 Å². The fourth-order valence-corrected chi connectivity index (χ4v) is 2.05. The van der Waals surface area contributed by atoms with E-state index in [9.17, 15) is 0 Å². The Morgan fingerprint density at radius 3 is 2.74 bits per heavy atom. The lowest BCUT2D eigenvalue weighted by Gasteiger charge is -2.18. The fraction of sp³-hybridized carbons (Fsp3) is 0.600. The molecule has 0 aliphatic rings. The van der Waals surface area contributed by atoms with Gasteiger partial charge in [0.2, 0.25) is 0 Å². The highest BCUT2D eigenvalue weighted by molar-refractivity contribution is 5.37. The molecule has 4 heteroatoms. The van der Waals surface area contributed by atoms with Crippen LogP contribution in [0, 0.1) is 6.92 Å². The van der Waals surface area contributed by atoms with Gasteiger partial charge in [-0.3, -0.25) is 11.3 Å². The van der Waals surface area contributed by atoms with E-state index >= 15 is 0 Å². The number of hydrogen-bond donors (Lipinski definition) is 2. The third-order valence-corrected chi connectivity index (χ3v) is 3.10. The maximum Gasteiger partial charge on any atom is 0.122 e. The molecule has 0 amide bonds. The number of hydrazine groups is 1. The van der Waals surface area contributed by atoms with Crippen molar-refractivity contribution < 1.29 is 9.47 Å². The molecule has 3 N–H and O–H groups in total. The minimum Gasteiger partial charge on any atom is -0.496 e. The summed E-state index contributed by atoms with van der Waals surface area (Å²) in [7, 11) is 1.70. The lowest BCUT2D eigenvalue weighted by molar-refractivity contribution is 0.124. The van der Waals surface area contributed by atoms with Crippen molar-refractivity contribution in [2.75, 3.05) is 20.3 Å². The van der Waals surface area contributed by atoms with Crippen LogP contribution in [-0.4, -0.2) is 26.4 Å². The number of ether oxygens (including phenoxy) is 2. The van der Waals surface area contributed by atoms with Crippen LogP contribution in [0.15, 0.2) is 18.2 Å². The van der Waals surface area contributed by atoms with Gasteiger partial charge in [-0.05, 0) is 37.8 Å². The molecular formula is C15H26N2O2. The molecule has 0 aliphatic heterocycles. The van der Waals surface area contributed by atoms with Gasteiger partial charge in [-0.25, -0.2) is 0 Å². The van der Waals surface area contributed by atoms with E-state index in [0.29, 0.717) is 0 Å². The summed E-state index contributed by atoms with van der Waals surface area (Å²) < 4.78 is 10.9. The van der Waals surface area contributed by atoms with Crippen LogP contribution in [-0.2, 0) is 11.2 Å². The Labute approximate surface area is 116 Å². The van der Waals surface area contributed by atoms with Gasteiger partial charge in [0.1, 0.15) is 5.75 Å². The molecule has 0 aromatic heterocycles. The summed E-state index contributed by atoms with van der Waals surface area (Å²) in [5.41, 5.74) is 5.27. The van der Waals surface area contributed by atoms with Gasteiger partial charge in [-0.2, -0.15) is 0 Å². The number of nitrogens with two attached hydrogens (primary N) is 1. The summed E-state index contributed by atoms with van der Waals surface area (Å²) in [4.78, 5) is 0. The SMILES string of the molecule is CCCOCCC(Cc1cc(C)ccc1OC)NN. The molecule has 0 radical (unpaired) electrons. The van der Waals surface area contributed by atoms with E-state index in [2.05, 4.69) is 31.4 Å². The summed E-state index contributed by atoms with van der Waals surface area (Å²) in [6, 6.07) is 6.41. The molecule has 1 aromatic rings. The van der Waals surface area contributed by atoms with Gasteiger partial charge in [-0.1, -0.05) is 24.6 Å². The average molecular weight is 266 g/mol. The zero-order valence-electron chi connectivity index (χ0n) is 12.2. The molecule has 1 rings (SSSR count). The van der Waals surface area contributed by atoms with Crippen molar-refractivity contribution in [1.82, 2.24) is 5.43 Å². The first-order valence-electron chi connectivity index (χ1n) is 6.88. The molecule has 0 fully saturated rings. The molecule has 0 heterocycles. The van der Waals surface area contributed by atoms with E-state index < -0.39 is 0 Å². The van der Waals surface area contributed by atoms with Gasteiger partial charge in [0.25, 0.3) is 0 Å². The highest BCUT2D eigenvalue weighted by Crippen LogP contribution is 2.21. The third kappa shape index (κ3) is 5.59. The molecule has 1 atom stereocenters. The number of hydrogen-bond acceptors (Lipinski definition) is 4. The lowest BCUT2D eigenvalue weighted by atomic mass is 10.0. The van der Waals surface area contributed by atoms with Gasteiger partial charge >= 0.3 is 0 Å². The molecule has 0 spiro atoms. The molecule has 1 unspecified atom stereocenters. The Bertz CT molecular complexity index is 369. The average Bonchev–Trinajstić information content (AvgIpc) is 2.42. The van der Waals surface area contributed by atoms with Crippen molar-refractivity contribution in [1.29, 1.82) is 0 Å². The maximum atomic E-state index is 5.62. The van der Waals surface area contributed by atoms with Gasteiger partial charge in [0.05, 0.1) is 7.11 Å². The quantitative estimate of drug-likeness (QED) is 0.409. The summed E-state index contributed by atoms with van der Waals surface area (Å²) in [5.74, 6) is 6.54. The van der Waals surface area contributed by atoms with Gasteiger partial charge in [0, 0.05) is 19.3 Å². The van der Waals surface area contributed by atoms with Crippen LogP contribution in [0.5, 0.6) is 5.75 Å². The molecule has 0 bridgehead atoms. The molecule has 108 valence electrons. The zero-order valence-corrected chi connectivity index (χ0v) is 12.2. The Balaban J connectivity index is 2.56. The van der Waals surface area contributed by atoms with Crippen LogP contribution in [0.1, 0.15) is 30.9 Å².